The average Bonchev–Trinajstić information content (AvgIpc) is 3.07. The molecule has 1 amide bonds. The largest absolute Gasteiger partial charge is 0.397 e. The SMILES string of the molecule is Nc1cc(F)c(F)cc1NC(=O)C1=CCC(N2C=NCC2)=NN1. The van der Waals surface area contributed by atoms with Crippen molar-refractivity contribution in [2.75, 3.05) is 24.1 Å². The number of halogens is 2. The summed E-state index contributed by atoms with van der Waals surface area (Å²) in [5.74, 6) is -1.96. The number of anilines is 2. The van der Waals surface area contributed by atoms with Gasteiger partial charge in [-0.3, -0.25) is 15.2 Å². The lowest BCUT2D eigenvalue weighted by Gasteiger charge is -2.20. The molecule has 0 saturated heterocycles. The molecular weight excluding hydrogens is 306 g/mol. The number of hydrogen-bond donors (Lipinski definition) is 3. The van der Waals surface area contributed by atoms with Gasteiger partial charge in [-0.25, -0.2) is 8.78 Å². The fourth-order valence-electron chi connectivity index (χ4n) is 2.17. The molecule has 0 aliphatic carbocycles. The molecule has 120 valence electrons. The number of rotatable bonds is 2. The summed E-state index contributed by atoms with van der Waals surface area (Å²) in [6.07, 6.45) is 3.80. The van der Waals surface area contributed by atoms with E-state index >= 15 is 0 Å². The van der Waals surface area contributed by atoms with Gasteiger partial charge in [0.15, 0.2) is 11.6 Å². The van der Waals surface area contributed by atoms with Gasteiger partial charge in [-0.1, -0.05) is 0 Å². The number of nitrogens with zero attached hydrogens (tertiary/aromatic N) is 3. The highest BCUT2D eigenvalue weighted by molar-refractivity contribution is 6.06. The molecule has 1 aromatic rings. The van der Waals surface area contributed by atoms with Crippen LogP contribution in [0, 0.1) is 11.6 Å². The fourth-order valence-corrected chi connectivity index (χ4v) is 2.17. The lowest BCUT2D eigenvalue weighted by molar-refractivity contribution is -0.113. The summed E-state index contributed by atoms with van der Waals surface area (Å²) in [5, 5.41) is 6.54. The number of nitrogens with two attached hydrogens (primary N) is 1. The molecule has 0 radical (unpaired) electrons. The summed E-state index contributed by atoms with van der Waals surface area (Å²) in [4.78, 5) is 18.1. The number of carbonyl (C=O) groups excluding carboxylic acids is 1. The van der Waals surface area contributed by atoms with Gasteiger partial charge in [-0.05, 0) is 6.08 Å². The van der Waals surface area contributed by atoms with Crippen molar-refractivity contribution in [3.63, 3.8) is 0 Å². The van der Waals surface area contributed by atoms with Gasteiger partial charge in [0.25, 0.3) is 5.91 Å². The van der Waals surface area contributed by atoms with Gasteiger partial charge in [0.2, 0.25) is 0 Å². The van der Waals surface area contributed by atoms with Gasteiger partial charge >= 0.3 is 0 Å². The van der Waals surface area contributed by atoms with Gasteiger partial charge in [-0.2, -0.15) is 5.10 Å². The van der Waals surface area contributed by atoms with Crippen molar-refractivity contribution in [1.82, 2.24) is 10.3 Å². The lowest BCUT2D eigenvalue weighted by Crippen LogP contribution is -2.34. The molecule has 0 saturated carbocycles. The van der Waals surface area contributed by atoms with Crippen molar-refractivity contribution in [3.05, 3.63) is 35.5 Å². The monoisotopic (exact) mass is 320 g/mol. The lowest BCUT2D eigenvalue weighted by atomic mass is 10.2. The second-order valence-corrected chi connectivity index (χ2v) is 4.98. The van der Waals surface area contributed by atoms with Gasteiger partial charge in [0.1, 0.15) is 11.5 Å². The van der Waals surface area contributed by atoms with Crippen LogP contribution in [-0.2, 0) is 4.79 Å². The van der Waals surface area contributed by atoms with E-state index in [2.05, 4.69) is 20.8 Å². The quantitative estimate of drug-likeness (QED) is 0.709. The first-order valence-corrected chi connectivity index (χ1v) is 6.90. The van der Waals surface area contributed by atoms with Crippen LogP contribution < -0.4 is 16.5 Å². The van der Waals surface area contributed by atoms with Gasteiger partial charge in [-0.15, -0.1) is 0 Å². The molecule has 2 aliphatic rings. The Hall–Kier alpha value is -2.97. The van der Waals surface area contributed by atoms with E-state index in [1.807, 2.05) is 4.90 Å². The Morgan fingerprint density at radius 1 is 1.35 bits per heavy atom. The Bertz CT molecular complexity index is 743. The zero-order valence-electron chi connectivity index (χ0n) is 12.0. The number of amidine groups is 1. The standard InChI is InChI=1S/C14H14F2N6O/c15-8-5-10(17)12(6-9(8)16)19-14(23)11-1-2-13(21-20-11)22-4-3-18-7-22/h1,5-7,20H,2-4,17H2,(H,19,23). The van der Waals surface area contributed by atoms with E-state index in [4.69, 9.17) is 5.73 Å². The maximum absolute atomic E-state index is 13.2. The smallest absolute Gasteiger partial charge is 0.273 e. The van der Waals surface area contributed by atoms with Crippen molar-refractivity contribution >= 4 is 29.5 Å². The summed E-state index contributed by atoms with van der Waals surface area (Å²) in [7, 11) is 0. The first-order chi connectivity index (χ1) is 11.0. The van der Waals surface area contributed by atoms with Gasteiger partial charge in [0, 0.05) is 25.1 Å². The number of amides is 1. The second kappa shape index (κ2) is 6.03. The van der Waals surface area contributed by atoms with Crippen LogP contribution in [0.15, 0.2) is 34.0 Å². The van der Waals surface area contributed by atoms with Crippen LogP contribution in [0.2, 0.25) is 0 Å². The number of nitrogens with one attached hydrogen (secondary N) is 2. The Morgan fingerprint density at radius 3 is 2.78 bits per heavy atom. The van der Waals surface area contributed by atoms with Crippen molar-refractivity contribution < 1.29 is 13.6 Å². The van der Waals surface area contributed by atoms with Crippen molar-refractivity contribution in [2.45, 2.75) is 6.42 Å². The number of hydrogen-bond acceptors (Lipinski definition) is 6. The minimum Gasteiger partial charge on any atom is -0.397 e. The molecule has 0 bridgehead atoms. The number of aliphatic imine (C=N–C) groups is 1. The van der Waals surface area contributed by atoms with Crippen LogP contribution in [0.25, 0.3) is 0 Å². The molecule has 1 aromatic carbocycles. The summed E-state index contributed by atoms with van der Waals surface area (Å²) in [5.41, 5.74) is 8.34. The third kappa shape index (κ3) is 3.12. The molecule has 0 unspecified atom stereocenters. The van der Waals surface area contributed by atoms with Crippen LogP contribution in [0.1, 0.15) is 6.42 Å². The Morgan fingerprint density at radius 2 is 2.13 bits per heavy atom. The molecule has 2 aliphatic heterocycles. The van der Waals surface area contributed by atoms with Gasteiger partial charge < -0.3 is 16.0 Å². The molecule has 0 spiro atoms. The van der Waals surface area contributed by atoms with E-state index in [0.29, 0.717) is 13.0 Å². The summed E-state index contributed by atoms with van der Waals surface area (Å²) < 4.78 is 26.2. The van der Waals surface area contributed by atoms with E-state index in [-0.39, 0.29) is 17.1 Å². The molecule has 23 heavy (non-hydrogen) atoms. The summed E-state index contributed by atoms with van der Waals surface area (Å²) >= 11 is 0. The average molecular weight is 320 g/mol. The molecule has 2 heterocycles. The summed E-state index contributed by atoms with van der Waals surface area (Å²) in [6, 6.07) is 1.65. The highest BCUT2D eigenvalue weighted by Gasteiger charge is 2.19. The van der Waals surface area contributed by atoms with E-state index in [1.165, 1.54) is 0 Å². The van der Waals surface area contributed by atoms with Gasteiger partial charge in [0.05, 0.1) is 24.3 Å². The second-order valence-electron chi connectivity index (χ2n) is 4.98. The predicted molar refractivity (Wildman–Crippen MR) is 82.7 cm³/mol. The van der Waals surface area contributed by atoms with E-state index in [9.17, 15) is 13.6 Å². The van der Waals surface area contributed by atoms with E-state index in [1.54, 1.807) is 12.4 Å². The third-order valence-corrected chi connectivity index (χ3v) is 3.40. The first-order valence-electron chi connectivity index (χ1n) is 6.90. The molecule has 0 fully saturated rings. The molecule has 3 rings (SSSR count). The maximum Gasteiger partial charge on any atom is 0.273 e. The maximum atomic E-state index is 13.2. The van der Waals surface area contributed by atoms with E-state index < -0.39 is 17.5 Å². The predicted octanol–water partition coefficient (Wildman–Crippen LogP) is 1.02. The van der Waals surface area contributed by atoms with Crippen molar-refractivity contribution in [3.8, 4) is 0 Å². The Balaban J connectivity index is 1.66. The van der Waals surface area contributed by atoms with Crippen LogP contribution in [-0.4, -0.2) is 36.1 Å². The topological polar surface area (TPSA) is 95.1 Å². The van der Waals surface area contributed by atoms with Crippen molar-refractivity contribution in [2.24, 2.45) is 10.1 Å². The fraction of sp³-hybridized carbons (Fsp3) is 0.214. The third-order valence-electron chi connectivity index (χ3n) is 3.40. The number of carbonyl (C=O) groups is 1. The minimum atomic E-state index is -1.09. The Kier molecular flexibility index (Phi) is 3.92. The molecular formula is C14H14F2N6O. The van der Waals surface area contributed by atoms with Crippen LogP contribution in [0.4, 0.5) is 20.2 Å². The first kappa shape index (κ1) is 14.9. The molecule has 7 nitrogen and oxygen atoms in total. The van der Waals surface area contributed by atoms with Crippen LogP contribution >= 0.6 is 0 Å². The molecule has 4 N–H and O–H groups in total. The number of benzene rings is 1. The molecule has 0 atom stereocenters. The highest BCUT2D eigenvalue weighted by atomic mass is 19.2. The zero-order valence-corrected chi connectivity index (χ0v) is 12.0. The number of nitrogen functional groups attached to an aromatic ring is 1. The Labute approximate surface area is 130 Å². The zero-order chi connectivity index (χ0) is 16.4. The van der Waals surface area contributed by atoms with Crippen molar-refractivity contribution in [1.29, 1.82) is 0 Å². The van der Waals surface area contributed by atoms with E-state index in [0.717, 1.165) is 24.5 Å². The minimum absolute atomic E-state index is 0.00180. The molecule has 0 aromatic heterocycles. The van der Waals surface area contributed by atoms with Crippen LogP contribution in [0.3, 0.4) is 0 Å². The molecule has 9 heteroatoms. The van der Waals surface area contributed by atoms with Crippen LogP contribution in [0.5, 0.6) is 0 Å². The highest BCUT2D eigenvalue weighted by Crippen LogP contribution is 2.22. The normalized spacial score (nSPS) is 16.7. The summed E-state index contributed by atoms with van der Waals surface area (Å²) in [6.45, 7) is 1.47. The number of hydrazone groups is 1.